The molecule has 8 heteroatoms. The highest BCUT2D eigenvalue weighted by Gasteiger charge is 2.12. The summed E-state index contributed by atoms with van der Waals surface area (Å²) in [4.78, 5) is 12.2. The third-order valence-electron chi connectivity index (χ3n) is 2.96. The molecule has 0 unspecified atom stereocenters. The van der Waals surface area contributed by atoms with Gasteiger partial charge in [0.2, 0.25) is 0 Å². The van der Waals surface area contributed by atoms with Crippen LogP contribution in [-0.2, 0) is 7.05 Å². The predicted molar refractivity (Wildman–Crippen MR) is 84.7 cm³/mol. The Morgan fingerprint density at radius 3 is 2.68 bits per heavy atom. The number of hydrogen-bond donors (Lipinski definition) is 1. The maximum atomic E-state index is 12.2. The first-order valence-electron chi connectivity index (χ1n) is 6.33. The molecule has 3 rings (SSSR count). The van der Waals surface area contributed by atoms with E-state index in [1.807, 2.05) is 0 Å². The number of carbonyl (C=O) groups excluding carboxylic acids is 1. The quantitative estimate of drug-likeness (QED) is 0.799. The van der Waals surface area contributed by atoms with Gasteiger partial charge in [-0.1, -0.05) is 23.2 Å². The van der Waals surface area contributed by atoms with Crippen LogP contribution in [0.5, 0.6) is 0 Å². The average molecular weight is 336 g/mol. The molecule has 0 aliphatic heterocycles. The van der Waals surface area contributed by atoms with Crippen LogP contribution >= 0.6 is 23.2 Å². The molecule has 6 nitrogen and oxygen atoms in total. The van der Waals surface area contributed by atoms with Crippen molar-refractivity contribution in [1.29, 1.82) is 0 Å². The molecular formula is C14H11Cl2N5O. The molecule has 22 heavy (non-hydrogen) atoms. The molecule has 0 bridgehead atoms. The standard InChI is InChI=1S/C14H11Cl2N5O/c1-20-8-11(6-17-20)19-14(22)9-5-18-21(7-9)13-3-2-10(15)4-12(13)16/h2-8H,1H3,(H,19,22). The van der Waals surface area contributed by atoms with Crippen molar-refractivity contribution >= 4 is 34.8 Å². The number of rotatable bonds is 3. The summed E-state index contributed by atoms with van der Waals surface area (Å²) in [5, 5.41) is 11.9. The highest BCUT2D eigenvalue weighted by molar-refractivity contribution is 6.35. The monoisotopic (exact) mass is 335 g/mol. The molecular weight excluding hydrogens is 325 g/mol. The summed E-state index contributed by atoms with van der Waals surface area (Å²) in [7, 11) is 1.77. The molecule has 2 heterocycles. The van der Waals surface area contributed by atoms with Crippen LogP contribution in [0.4, 0.5) is 5.69 Å². The summed E-state index contributed by atoms with van der Waals surface area (Å²) in [5.74, 6) is -0.274. The van der Waals surface area contributed by atoms with Crippen molar-refractivity contribution < 1.29 is 4.79 Å². The molecule has 1 amide bonds. The highest BCUT2D eigenvalue weighted by Crippen LogP contribution is 2.24. The molecule has 0 saturated heterocycles. The average Bonchev–Trinajstić information content (AvgIpc) is 3.08. The van der Waals surface area contributed by atoms with Crippen molar-refractivity contribution in [3.05, 3.63) is 58.6 Å². The van der Waals surface area contributed by atoms with Gasteiger partial charge in [-0.2, -0.15) is 10.2 Å². The first-order chi connectivity index (χ1) is 10.5. The van der Waals surface area contributed by atoms with Crippen molar-refractivity contribution in [3.63, 3.8) is 0 Å². The summed E-state index contributed by atoms with van der Waals surface area (Å²) in [5.41, 5.74) is 1.67. The minimum absolute atomic E-state index is 0.274. The van der Waals surface area contributed by atoms with Gasteiger partial charge in [0, 0.05) is 24.5 Å². The Morgan fingerprint density at radius 2 is 2.00 bits per heavy atom. The van der Waals surface area contributed by atoms with Crippen molar-refractivity contribution in [3.8, 4) is 5.69 Å². The minimum Gasteiger partial charge on any atom is -0.319 e. The smallest absolute Gasteiger partial charge is 0.258 e. The van der Waals surface area contributed by atoms with Gasteiger partial charge in [0.05, 0.1) is 34.4 Å². The van der Waals surface area contributed by atoms with Crippen LogP contribution in [0.15, 0.2) is 43.0 Å². The number of amides is 1. The van der Waals surface area contributed by atoms with Crippen LogP contribution in [0.3, 0.4) is 0 Å². The second-order valence-corrected chi connectivity index (χ2v) is 5.47. The predicted octanol–water partition coefficient (Wildman–Crippen LogP) is 3.16. The van der Waals surface area contributed by atoms with Crippen molar-refractivity contribution in [2.24, 2.45) is 7.05 Å². The second kappa shape index (κ2) is 5.82. The Hall–Kier alpha value is -2.31. The number of aryl methyl sites for hydroxylation is 1. The van der Waals surface area contributed by atoms with Gasteiger partial charge in [-0.05, 0) is 18.2 Å². The van der Waals surface area contributed by atoms with E-state index in [4.69, 9.17) is 23.2 Å². The third kappa shape index (κ3) is 2.98. The van der Waals surface area contributed by atoms with Crippen LogP contribution < -0.4 is 5.32 Å². The van der Waals surface area contributed by atoms with Gasteiger partial charge in [-0.25, -0.2) is 4.68 Å². The number of carbonyl (C=O) groups is 1. The minimum atomic E-state index is -0.274. The summed E-state index contributed by atoms with van der Waals surface area (Å²) in [6.07, 6.45) is 6.34. The lowest BCUT2D eigenvalue weighted by atomic mass is 10.3. The Balaban J connectivity index is 1.82. The van der Waals surface area contributed by atoms with E-state index in [1.54, 1.807) is 48.5 Å². The van der Waals surface area contributed by atoms with Gasteiger partial charge in [-0.15, -0.1) is 0 Å². The number of halogens is 2. The number of hydrogen-bond acceptors (Lipinski definition) is 3. The van der Waals surface area contributed by atoms with E-state index in [2.05, 4.69) is 15.5 Å². The molecule has 2 aromatic heterocycles. The maximum Gasteiger partial charge on any atom is 0.258 e. The molecule has 3 aromatic rings. The summed E-state index contributed by atoms with van der Waals surface area (Å²) in [6, 6.07) is 5.07. The van der Waals surface area contributed by atoms with E-state index < -0.39 is 0 Å². The van der Waals surface area contributed by atoms with Crippen LogP contribution in [0.25, 0.3) is 5.69 Å². The summed E-state index contributed by atoms with van der Waals surface area (Å²) < 4.78 is 3.13. The number of nitrogens with one attached hydrogen (secondary N) is 1. The van der Waals surface area contributed by atoms with Gasteiger partial charge in [0.1, 0.15) is 0 Å². The molecule has 0 spiro atoms. The largest absolute Gasteiger partial charge is 0.319 e. The summed E-state index contributed by atoms with van der Waals surface area (Å²) in [6.45, 7) is 0. The Morgan fingerprint density at radius 1 is 1.18 bits per heavy atom. The zero-order chi connectivity index (χ0) is 15.7. The van der Waals surface area contributed by atoms with Gasteiger partial charge in [-0.3, -0.25) is 9.48 Å². The van der Waals surface area contributed by atoms with E-state index in [-0.39, 0.29) is 5.91 Å². The molecule has 112 valence electrons. The molecule has 1 N–H and O–H groups in total. The molecule has 0 aliphatic carbocycles. The Labute approximate surface area is 136 Å². The van der Waals surface area contributed by atoms with Crippen molar-refractivity contribution in [2.75, 3.05) is 5.32 Å². The molecule has 1 aromatic carbocycles. The van der Waals surface area contributed by atoms with E-state index >= 15 is 0 Å². The lowest BCUT2D eigenvalue weighted by Crippen LogP contribution is -2.10. The Bertz CT molecular complexity index is 839. The third-order valence-corrected chi connectivity index (χ3v) is 3.50. The number of aromatic nitrogens is 4. The van der Waals surface area contributed by atoms with Gasteiger partial charge < -0.3 is 5.32 Å². The molecule has 0 saturated carbocycles. The lowest BCUT2D eigenvalue weighted by molar-refractivity contribution is 0.102. The zero-order valence-electron chi connectivity index (χ0n) is 11.5. The van der Waals surface area contributed by atoms with Crippen molar-refractivity contribution in [2.45, 2.75) is 0 Å². The summed E-state index contributed by atoms with van der Waals surface area (Å²) >= 11 is 12.0. The van der Waals surface area contributed by atoms with Gasteiger partial charge >= 0.3 is 0 Å². The molecule has 0 radical (unpaired) electrons. The van der Waals surface area contributed by atoms with Crippen LogP contribution in [-0.4, -0.2) is 25.5 Å². The van der Waals surface area contributed by atoms with Gasteiger partial charge in [0.15, 0.2) is 0 Å². The first kappa shape index (κ1) is 14.6. The molecule has 0 fully saturated rings. The van der Waals surface area contributed by atoms with Gasteiger partial charge in [0.25, 0.3) is 5.91 Å². The van der Waals surface area contributed by atoms with Crippen LogP contribution in [0.2, 0.25) is 10.0 Å². The molecule has 0 atom stereocenters. The molecule has 0 aliphatic rings. The SMILES string of the molecule is Cn1cc(NC(=O)c2cnn(-c3ccc(Cl)cc3Cl)c2)cn1. The second-order valence-electron chi connectivity index (χ2n) is 4.63. The van der Waals surface area contributed by atoms with E-state index in [0.717, 1.165) is 0 Å². The fourth-order valence-electron chi connectivity index (χ4n) is 1.93. The Kier molecular flexibility index (Phi) is 3.87. The van der Waals surface area contributed by atoms with Crippen LogP contribution in [0, 0.1) is 0 Å². The normalized spacial score (nSPS) is 10.7. The first-order valence-corrected chi connectivity index (χ1v) is 7.08. The highest BCUT2D eigenvalue weighted by atomic mass is 35.5. The van der Waals surface area contributed by atoms with Crippen molar-refractivity contribution in [1.82, 2.24) is 19.6 Å². The van der Waals surface area contributed by atoms with E-state index in [9.17, 15) is 4.79 Å². The fraction of sp³-hybridized carbons (Fsp3) is 0.0714. The van der Waals surface area contributed by atoms with E-state index in [0.29, 0.717) is 27.0 Å². The van der Waals surface area contributed by atoms with E-state index in [1.165, 1.54) is 10.9 Å². The maximum absolute atomic E-state index is 12.2. The number of benzene rings is 1. The van der Waals surface area contributed by atoms with Crippen LogP contribution in [0.1, 0.15) is 10.4 Å². The fourth-order valence-corrected chi connectivity index (χ4v) is 2.42. The zero-order valence-corrected chi connectivity index (χ0v) is 13.0. The number of nitrogens with zero attached hydrogens (tertiary/aromatic N) is 4. The number of anilines is 1. The topological polar surface area (TPSA) is 64.7 Å². The lowest BCUT2D eigenvalue weighted by Gasteiger charge is -2.04.